The molecular formula is C31H29Cl2FN2O7. The molecule has 1 N–H and O–H groups in total. The van der Waals surface area contributed by atoms with Gasteiger partial charge in [-0.05, 0) is 67.1 Å². The lowest BCUT2D eigenvalue weighted by atomic mass is 9.56. The maximum atomic E-state index is 14.4. The van der Waals surface area contributed by atoms with Crippen LogP contribution in [-0.4, -0.2) is 64.1 Å². The number of methoxy groups -OCH3 is 2. The van der Waals surface area contributed by atoms with Gasteiger partial charge in [0, 0.05) is 12.5 Å². The summed E-state index contributed by atoms with van der Waals surface area (Å²) < 4.78 is 24.6. The number of carbonyl (C=O) groups excluding carboxylic acids is 4. The zero-order valence-electron chi connectivity index (χ0n) is 23.6. The van der Waals surface area contributed by atoms with Gasteiger partial charge in [0.05, 0.1) is 31.7 Å². The molecule has 6 rings (SSSR count). The molecule has 2 aliphatic heterocycles. The Bertz CT molecular complexity index is 1570. The van der Waals surface area contributed by atoms with Crippen LogP contribution in [0.3, 0.4) is 0 Å². The van der Waals surface area contributed by atoms with Gasteiger partial charge in [0.25, 0.3) is 11.8 Å². The quantitative estimate of drug-likeness (QED) is 0.284. The van der Waals surface area contributed by atoms with Crippen LogP contribution in [0.2, 0.25) is 0 Å². The Hall–Kier alpha value is -3.63. The fraction of sp³-hybridized carbons (Fsp3) is 0.419. The van der Waals surface area contributed by atoms with Crippen LogP contribution in [-0.2, 0) is 19.2 Å². The molecule has 2 saturated heterocycles. The first-order chi connectivity index (χ1) is 20.4. The third-order valence-electron chi connectivity index (χ3n) is 9.27. The van der Waals surface area contributed by atoms with Crippen molar-refractivity contribution in [1.82, 2.24) is 4.90 Å². The topological polar surface area (TPSA) is 113 Å². The minimum absolute atomic E-state index is 0.0274. The number of anilines is 1. The molecule has 4 aliphatic rings. The summed E-state index contributed by atoms with van der Waals surface area (Å²) in [6.07, 6.45) is 2.45. The summed E-state index contributed by atoms with van der Waals surface area (Å²) in [6.45, 7) is 2.14. The number of carbonyl (C=O) groups is 4. The number of rotatable bonds is 6. The highest BCUT2D eigenvalue weighted by Gasteiger charge is 2.76. The Labute approximate surface area is 257 Å². The van der Waals surface area contributed by atoms with Gasteiger partial charge >= 0.3 is 0 Å². The second-order valence-corrected chi connectivity index (χ2v) is 12.6. The molecule has 43 heavy (non-hydrogen) atoms. The minimum atomic E-state index is -2.11. The Morgan fingerprint density at radius 2 is 1.60 bits per heavy atom. The van der Waals surface area contributed by atoms with E-state index in [1.54, 1.807) is 0 Å². The molecule has 2 heterocycles. The number of phenols is 1. The highest BCUT2D eigenvalue weighted by molar-refractivity contribution is 6.58. The predicted octanol–water partition coefficient (Wildman–Crippen LogP) is 4.52. The lowest BCUT2D eigenvalue weighted by Crippen LogP contribution is -2.60. The number of ether oxygens (including phenoxy) is 2. The fourth-order valence-corrected chi connectivity index (χ4v) is 8.30. The van der Waals surface area contributed by atoms with Crippen molar-refractivity contribution in [3.05, 3.63) is 59.4 Å². The monoisotopic (exact) mass is 630 g/mol. The molecule has 226 valence electrons. The maximum absolute atomic E-state index is 14.4. The number of nitrogens with zero attached hydrogens (tertiary/aromatic N) is 2. The molecule has 0 aromatic heterocycles. The highest BCUT2D eigenvalue weighted by Crippen LogP contribution is 2.66. The first-order valence-electron chi connectivity index (χ1n) is 14.0. The number of alkyl halides is 2. The summed E-state index contributed by atoms with van der Waals surface area (Å²) in [5.74, 6) is -6.29. The largest absolute Gasteiger partial charge is 0.502 e. The molecule has 0 spiro atoms. The molecule has 1 saturated carbocycles. The van der Waals surface area contributed by atoms with Gasteiger partial charge in [0.2, 0.25) is 17.6 Å². The minimum Gasteiger partial charge on any atom is -0.502 e. The maximum Gasteiger partial charge on any atom is 0.258 e. The van der Waals surface area contributed by atoms with Crippen molar-refractivity contribution in [2.24, 2.45) is 17.8 Å². The lowest BCUT2D eigenvalue weighted by Gasteiger charge is -2.50. The van der Waals surface area contributed by atoms with E-state index in [9.17, 15) is 28.7 Å². The average molecular weight is 631 g/mol. The molecule has 3 fully saturated rings. The van der Waals surface area contributed by atoms with Crippen LogP contribution in [0.5, 0.6) is 17.2 Å². The van der Waals surface area contributed by atoms with Crippen LogP contribution >= 0.6 is 23.2 Å². The van der Waals surface area contributed by atoms with E-state index in [0.29, 0.717) is 17.6 Å². The second-order valence-electron chi connectivity index (χ2n) is 11.4. The summed E-state index contributed by atoms with van der Waals surface area (Å²) in [5, 5.41) is 10.6. The number of amides is 4. The molecule has 2 aliphatic carbocycles. The average Bonchev–Trinajstić information content (AvgIpc) is 3.32. The van der Waals surface area contributed by atoms with E-state index >= 15 is 0 Å². The number of imide groups is 2. The zero-order valence-corrected chi connectivity index (χ0v) is 25.1. The van der Waals surface area contributed by atoms with Gasteiger partial charge in [-0.1, -0.05) is 18.6 Å². The summed E-state index contributed by atoms with van der Waals surface area (Å²) >= 11 is 14.7. The van der Waals surface area contributed by atoms with Crippen LogP contribution in [0, 0.1) is 23.6 Å². The molecule has 6 atom stereocenters. The number of halogens is 3. The standard InChI is InChI=1S/C31H29Cl2FN2O7/c1-4-11-35-26(38)19-10-9-18-20(23(19)27(35)39)14-30(32)28(40)36(17-7-5-16(34)6-8-17)29(41)31(30,33)24(18)15-12-21(42-2)25(37)22(13-15)43-3/h5-9,12-13,19-20,23-24,37H,4,10-11,14H2,1-3H3. The van der Waals surface area contributed by atoms with Gasteiger partial charge in [-0.15, -0.1) is 23.2 Å². The van der Waals surface area contributed by atoms with Crippen LogP contribution in [0.4, 0.5) is 10.1 Å². The van der Waals surface area contributed by atoms with Gasteiger partial charge in [0.15, 0.2) is 21.2 Å². The molecule has 9 nitrogen and oxygen atoms in total. The van der Waals surface area contributed by atoms with Crippen molar-refractivity contribution >= 4 is 52.5 Å². The number of phenolic OH excluding ortho intramolecular Hbond substituents is 1. The molecule has 0 bridgehead atoms. The molecule has 6 unspecified atom stereocenters. The summed E-state index contributed by atoms with van der Waals surface area (Å²) in [7, 11) is 2.70. The molecule has 4 amide bonds. The van der Waals surface area contributed by atoms with Crippen molar-refractivity contribution in [3.8, 4) is 17.2 Å². The van der Waals surface area contributed by atoms with Crippen LogP contribution < -0.4 is 14.4 Å². The number of allylic oxidation sites excluding steroid dienone is 2. The SMILES string of the molecule is CCCN1C(=O)C2CC=C3C(CC4(Cl)C(=O)N(c5ccc(F)cc5)C(=O)C4(Cl)C3c3cc(OC)c(O)c(OC)c3)C2C1=O. The van der Waals surface area contributed by atoms with Gasteiger partial charge in [0.1, 0.15) is 5.82 Å². The van der Waals surface area contributed by atoms with Gasteiger partial charge in [-0.3, -0.25) is 24.1 Å². The van der Waals surface area contributed by atoms with E-state index in [-0.39, 0.29) is 54.1 Å². The van der Waals surface area contributed by atoms with Crippen molar-refractivity contribution in [3.63, 3.8) is 0 Å². The summed E-state index contributed by atoms with van der Waals surface area (Å²) in [5.41, 5.74) is 1.02. The van der Waals surface area contributed by atoms with Gasteiger partial charge < -0.3 is 14.6 Å². The second kappa shape index (κ2) is 10.2. The van der Waals surface area contributed by atoms with Crippen LogP contribution in [0.1, 0.15) is 37.7 Å². The summed E-state index contributed by atoms with van der Waals surface area (Å²) in [4.78, 5) is 53.7. The van der Waals surface area contributed by atoms with Crippen molar-refractivity contribution in [2.75, 3.05) is 25.7 Å². The van der Waals surface area contributed by atoms with E-state index in [2.05, 4.69) is 0 Å². The number of hydrogen-bond donors (Lipinski definition) is 1. The van der Waals surface area contributed by atoms with Crippen molar-refractivity contribution in [2.45, 2.75) is 41.9 Å². The number of hydrogen-bond acceptors (Lipinski definition) is 7. The van der Waals surface area contributed by atoms with Crippen LogP contribution in [0.25, 0.3) is 0 Å². The number of fused-ring (bicyclic) bond motifs is 4. The first-order valence-corrected chi connectivity index (χ1v) is 14.7. The van der Waals surface area contributed by atoms with Crippen molar-refractivity contribution < 1.29 is 38.1 Å². The fourth-order valence-electron chi connectivity index (χ4n) is 7.36. The highest BCUT2D eigenvalue weighted by atomic mass is 35.5. The predicted molar refractivity (Wildman–Crippen MR) is 155 cm³/mol. The van der Waals surface area contributed by atoms with Gasteiger partial charge in [-0.2, -0.15) is 0 Å². The molecule has 2 aromatic carbocycles. The molecule has 12 heteroatoms. The Morgan fingerprint density at radius 1 is 0.977 bits per heavy atom. The third-order valence-corrected chi connectivity index (χ3v) is 10.7. The zero-order chi connectivity index (χ0) is 31.0. The number of aromatic hydroxyl groups is 1. The van der Waals surface area contributed by atoms with Crippen molar-refractivity contribution in [1.29, 1.82) is 0 Å². The first kappa shape index (κ1) is 29.4. The van der Waals surface area contributed by atoms with Crippen LogP contribution in [0.15, 0.2) is 48.0 Å². The van der Waals surface area contributed by atoms with E-state index in [0.717, 1.165) is 17.0 Å². The van der Waals surface area contributed by atoms with E-state index < -0.39 is 51.1 Å². The Kier molecular flexibility index (Phi) is 7.01. The third kappa shape index (κ3) is 3.88. The summed E-state index contributed by atoms with van der Waals surface area (Å²) in [6, 6.07) is 7.78. The normalized spacial score (nSPS) is 31.5. The Balaban J connectivity index is 1.58. The lowest BCUT2D eigenvalue weighted by molar-refractivity contribution is -0.140. The number of likely N-dealkylation sites (tertiary alicyclic amines) is 1. The van der Waals surface area contributed by atoms with E-state index in [1.807, 2.05) is 13.0 Å². The van der Waals surface area contributed by atoms with E-state index in [4.69, 9.17) is 32.7 Å². The molecule has 2 aromatic rings. The number of benzene rings is 2. The van der Waals surface area contributed by atoms with Gasteiger partial charge in [-0.25, -0.2) is 9.29 Å². The molecular weight excluding hydrogens is 602 g/mol. The molecule has 0 radical (unpaired) electrons. The Morgan fingerprint density at radius 3 is 2.19 bits per heavy atom. The van der Waals surface area contributed by atoms with E-state index in [1.165, 1.54) is 43.4 Å². The smallest absolute Gasteiger partial charge is 0.258 e.